The Hall–Kier alpha value is -0.810. The van der Waals surface area contributed by atoms with Crippen LogP contribution in [0.25, 0.3) is 0 Å². The van der Waals surface area contributed by atoms with E-state index in [2.05, 4.69) is 10.6 Å². The molecule has 1 unspecified atom stereocenters. The molecule has 1 aliphatic rings. The van der Waals surface area contributed by atoms with Crippen LogP contribution >= 0.6 is 0 Å². The van der Waals surface area contributed by atoms with E-state index in [1.165, 1.54) is 0 Å². The third-order valence-electron chi connectivity index (χ3n) is 2.09. The molecule has 1 fully saturated rings. The quantitative estimate of drug-likeness (QED) is 0.557. The van der Waals surface area contributed by atoms with Gasteiger partial charge in [-0.3, -0.25) is 0 Å². The second kappa shape index (κ2) is 5.82. The van der Waals surface area contributed by atoms with Crippen LogP contribution in [0.2, 0.25) is 0 Å². The predicted molar refractivity (Wildman–Crippen MR) is 54.0 cm³/mol. The van der Waals surface area contributed by atoms with Crippen LogP contribution < -0.4 is 16.4 Å². The smallest absolute Gasteiger partial charge is 0.315 e. The maximum Gasteiger partial charge on any atom is 0.315 e. The van der Waals surface area contributed by atoms with Gasteiger partial charge >= 0.3 is 6.03 Å². The molecule has 0 aromatic rings. The van der Waals surface area contributed by atoms with E-state index in [0.717, 1.165) is 19.3 Å². The van der Waals surface area contributed by atoms with Gasteiger partial charge in [-0.1, -0.05) is 0 Å². The first-order valence-electron chi connectivity index (χ1n) is 5.01. The van der Waals surface area contributed by atoms with Gasteiger partial charge in [-0.2, -0.15) is 0 Å². The van der Waals surface area contributed by atoms with Crippen molar-refractivity contribution in [2.24, 2.45) is 5.73 Å². The molecule has 1 atom stereocenters. The lowest BCUT2D eigenvalue weighted by atomic mass is 10.2. The van der Waals surface area contributed by atoms with E-state index in [1.807, 2.05) is 0 Å². The van der Waals surface area contributed by atoms with Crippen molar-refractivity contribution in [2.45, 2.75) is 31.3 Å². The van der Waals surface area contributed by atoms with E-state index in [0.29, 0.717) is 19.2 Å². The number of methoxy groups -OCH3 is 1. The Morgan fingerprint density at radius 3 is 2.93 bits per heavy atom. The van der Waals surface area contributed by atoms with E-state index in [9.17, 15) is 4.79 Å². The number of rotatable bonds is 6. The Balaban J connectivity index is 1.93. The largest absolute Gasteiger partial charge is 0.383 e. The van der Waals surface area contributed by atoms with Crippen LogP contribution in [-0.2, 0) is 4.74 Å². The Kier molecular flexibility index (Phi) is 4.69. The highest BCUT2D eigenvalue weighted by Crippen LogP contribution is 2.18. The van der Waals surface area contributed by atoms with Crippen LogP contribution in [-0.4, -0.2) is 38.4 Å². The van der Waals surface area contributed by atoms with Gasteiger partial charge in [0.2, 0.25) is 0 Å². The van der Waals surface area contributed by atoms with Gasteiger partial charge in [-0.25, -0.2) is 4.79 Å². The molecule has 0 saturated heterocycles. The van der Waals surface area contributed by atoms with Crippen molar-refractivity contribution in [1.29, 1.82) is 0 Å². The molecule has 0 spiro atoms. The van der Waals surface area contributed by atoms with Crippen LogP contribution in [0.5, 0.6) is 0 Å². The first-order valence-corrected chi connectivity index (χ1v) is 5.01. The lowest BCUT2D eigenvalue weighted by Crippen LogP contribution is -2.39. The van der Waals surface area contributed by atoms with Crippen molar-refractivity contribution >= 4 is 6.03 Å². The molecule has 1 rings (SSSR count). The minimum absolute atomic E-state index is 0.00113. The summed E-state index contributed by atoms with van der Waals surface area (Å²) in [6.45, 7) is 1.13. The van der Waals surface area contributed by atoms with Gasteiger partial charge in [-0.05, 0) is 19.3 Å². The molecule has 1 saturated carbocycles. The summed E-state index contributed by atoms with van der Waals surface area (Å²) in [5.74, 6) is 0. The summed E-state index contributed by atoms with van der Waals surface area (Å²) >= 11 is 0. The SMILES string of the molecule is COCC(N)CCNC(=O)NC1CC1. The molecule has 0 bridgehead atoms. The summed E-state index contributed by atoms with van der Waals surface area (Å²) < 4.78 is 4.88. The minimum atomic E-state index is -0.0860. The molecular weight excluding hydrogens is 182 g/mol. The van der Waals surface area contributed by atoms with Crippen molar-refractivity contribution in [3.63, 3.8) is 0 Å². The number of carbonyl (C=O) groups excluding carboxylic acids is 1. The van der Waals surface area contributed by atoms with Crippen molar-refractivity contribution in [3.8, 4) is 0 Å². The standard InChI is InChI=1S/C9H19N3O2/c1-14-6-7(10)4-5-11-9(13)12-8-2-3-8/h7-8H,2-6,10H2,1H3,(H2,11,12,13). The molecule has 0 radical (unpaired) electrons. The number of nitrogens with one attached hydrogen (secondary N) is 2. The van der Waals surface area contributed by atoms with Crippen molar-refractivity contribution in [3.05, 3.63) is 0 Å². The zero-order valence-electron chi connectivity index (χ0n) is 8.58. The van der Waals surface area contributed by atoms with Gasteiger partial charge in [0.05, 0.1) is 6.61 Å². The van der Waals surface area contributed by atoms with E-state index in [4.69, 9.17) is 10.5 Å². The van der Waals surface area contributed by atoms with E-state index >= 15 is 0 Å². The molecule has 0 aromatic heterocycles. The number of ether oxygens (including phenoxy) is 1. The van der Waals surface area contributed by atoms with Crippen LogP contribution in [0.15, 0.2) is 0 Å². The summed E-state index contributed by atoms with van der Waals surface area (Å²) in [5, 5.41) is 5.60. The van der Waals surface area contributed by atoms with Crippen LogP contribution in [0, 0.1) is 0 Å². The fraction of sp³-hybridized carbons (Fsp3) is 0.889. The van der Waals surface area contributed by atoms with Gasteiger partial charge in [0.25, 0.3) is 0 Å². The third kappa shape index (κ3) is 5.04. The zero-order chi connectivity index (χ0) is 10.4. The second-order valence-corrected chi connectivity index (χ2v) is 3.68. The maximum absolute atomic E-state index is 11.1. The summed E-state index contributed by atoms with van der Waals surface area (Å²) in [7, 11) is 1.62. The normalized spacial score (nSPS) is 17.6. The van der Waals surface area contributed by atoms with Gasteiger partial charge in [0.15, 0.2) is 0 Å². The minimum Gasteiger partial charge on any atom is -0.383 e. The summed E-state index contributed by atoms with van der Waals surface area (Å²) in [5.41, 5.74) is 5.69. The lowest BCUT2D eigenvalue weighted by molar-refractivity contribution is 0.176. The van der Waals surface area contributed by atoms with Gasteiger partial charge in [-0.15, -0.1) is 0 Å². The average molecular weight is 201 g/mol. The average Bonchev–Trinajstić information content (AvgIpc) is 2.88. The number of nitrogens with two attached hydrogens (primary N) is 1. The molecule has 0 heterocycles. The van der Waals surface area contributed by atoms with Gasteiger partial charge in [0, 0.05) is 25.7 Å². The number of hydrogen-bond acceptors (Lipinski definition) is 3. The zero-order valence-corrected chi connectivity index (χ0v) is 8.58. The Bertz CT molecular complexity index is 183. The molecule has 1 aliphatic carbocycles. The third-order valence-corrected chi connectivity index (χ3v) is 2.09. The number of amides is 2. The fourth-order valence-corrected chi connectivity index (χ4v) is 1.13. The molecule has 5 heteroatoms. The fourth-order valence-electron chi connectivity index (χ4n) is 1.13. The summed E-state index contributed by atoms with van der Waals surface area (Å²) in [4.78, 5) is 11.1. The van der Waals surface area contributed by atoms with E-state index in [-0.39, 0.29) is 12.1 Å². The first-order chi connectivity index (χ1) is 6.72. The molecule has 2 amide bonds. The molecule has 14 heavy (non-hydrogen) atoms. The summed E-state index contributed by atoms with van der Waals surface area (Å²) in [6, 6.07) is 0.320. The molecule has 82 valence electrons. The molecule has 5 nitrogen and oxygen atoms in total. The second-order valence-electron chi connectivity index (χ2n) is 3.68. The molecule has 4 N–H and O–H groups in total. The molecular formula is C9H19N3O2. The highest BCUT2D eigenvalue weighted by atomic mass is 16.5. The Labute approximate surface area is 84.4 Å². The van der Waals surface area contributed by atoms with Crippen molar-refractivity contribution in [2.75, 3.05) is 20.3 Å². The number of carbonyl (C=O) groups is 1. The number of hydrogen-bond donors (Lipinski definition) is 3. The Morgan fingerprint density at radius 1 is 1.64 bits per heavy atom. The van der Waals surface area contributed by atoms with E-state index in [1.54, 1.807) is 7.11 Å². The highest BCUT2D eigenvalue weighted by Gasteiger charge is 2.22. The number of urea groups is 1. The predicted octanol–water partition coefficient (Wildman–Crippen LogP) is -0.188. The molecule has 0 aromatic carbocycles. The summed E-state index contributed by atoms with van der Waals surface area (Å²) in [6.07, 6.45) is 2.96. The Morgan fingerprint density at radius 2 is 2.36 bits per heavy atom. The van der Waals surface area contributed by atoms with Crippen LogP contribution in [0.4, 0.5) is 4.79 Å². The van der Waals surface area contributed by atoms with Crippen LogP contribution in [0.1, 0.15) is 19.3 Å². The van der Waals surface area contributed by atoms with Crippen molar-refractivity contribution in [1.82, 2.24) is 10.6 Å². The van der Waals surface area contributed by atoms with Gasteiger partial charge < -0.3 is 21.1 Å². The van der Waals surface area contributed by atoms with Crippen molar-refractivity contribution < 1.29 is 9.53 Å². The topological polar surface area (TPSA) is 76.4 Å². The van der Waals surface area contributed by atoms with Gasteiger partial charge in [0.1, 0.15) is 0 Å². The maximum atomic E-state index is 11.1. The molecule has 0 aliphatic heterocycles. The highest BCUT2D eigenvalue weighted by molar-refractivity contribution is 5.74. The first kappa shape index (κ1) is 11.3. The van der Waals surface area contributed by atoms with E-state index < -0.39 is 0 Å². The lowest BCUT2D eigenvalue weighted by Gasteiger charge is -2.11. The van der Waals surface area contributed by atoms with Crippen LogP contribution in [0.3, 0.4) is 0 Å². The monoisotopic (exact) mass is 201 g/mol.